The molecule has 4 heterocycles. The van der Waals surface area contributed by atoms with E-state index in [-0.39, 0.29) is 18.1 Å². The summed E-state index contributed by atoms with van der Waals surface area (Å²) in [5.74, 6) is -0.511. The van der Waals surface area contributed by atoms with Crippen LogP contribution >= 0.6 is 0 Å². The van der Waals surface area contributed by atoms with E-state index in [9.17, 15) is 5.11 Å². The van der Waals surface area contributed by atoms with E-state index in [4.69, 9.17) is 25.4 Å². The minimum absolute atomic E-state index is 0.211. The summed E-state index contributed by atoms with van der Waals surface area (Å²) in [5.41, 5.74) is 6.40. The van der Waals surface area contributed by atoms with Crippen molar-refractivity contribution in [1.82, 2.24) is 19.7 Å². The Morgan fingerprint density at radius 2 is 2.12 bits per heavy atom. The monoisotopic (exact) mass is 363 g/mol. The van der Waals surface area contributed by atoms with Gasteiger partial charge in [0.2, 0.25) is 0 Å². The van der Waals surface area contributed by atoms with Gasteiger partial charge in [0, 0.05) is 7.05 Å². The molecule has 2 aromatic heterocycles. The van der Waals surface area contributed by atoms with Crippen molar-refractivity contribution in [2.75, 3.05) is 19.0 Å². The number of nitrogens with zero attached hydrogens (tertiary/aromatic N) is 4. The van der Waals surface area contributed by atoms with E-state index in [0.29, 0.717) is 16.9 Å². The second-order valence-corrected chi connectivity index (χ2v) is 6.69. The van der Waals surface area contributed by atoms with Crippen molar-refractivity contribution < 1.29 is 19.3 Å². The average molecular weight is 363 g/mol. The number of nitrogen functional groups attached to an aromatic ring is 1. The molecular weight excluding hydrogens is 342 g/mol. The standard InChI is InChI=1S/C15H21N7O4/c1-15(2)25-9-6(4-23)24-14(10(9)26-15)22-13-7(8(21-22)11(16)17)12(18-3)19-5-20-13/h5-6,9-10,14,23H,4H2,1-3H3,(H3,16,17)(H,18,19,20)/t6-,9-,10-,14-/m1/s1. The van der Waals surface area contributed by atoms with Gasteiger partial charge in [-0.2, -0.15) is 5.10 Å². The fourth-order valence-electron chi connectivity index (χ4n) is 3.53. The van der Waals surface area contributed by atoms with Crippen molar-refractivity contribution in [3.8, 4) is 0 Å². The number of aliphatic hydroxyl groups is 1. The predicted octanol–water partition coefficient (Wildman–Crippen LogP) is -0.438. The molecule has 0 amide bonds. The molecule has 0 bridgehead atoms. The summed E-state index contributed by atoms with van der Waals surface area (Å²) in [6.07, 6.45) is -0.780. The molecular formula is C15H21N7O4. The molecule has 4 rings (SSSR count). The molecule has 0 aromatic carbocycles. The van der Waals surface area contributed by atoms with Crippen LogP contribution in [0.1, 0.15) is 25.8 Å². The van der Waals surface area contributed by atoms with Crippen molar-refractivity contribution in [2.45, 2.75) is 44.2 Å². The maximum atomic E-state index is 9.66. The van der Waals surface area contributed by atoms with Crippen molar-refractivity contribution in [3.05, 3.63) is 12.0 Å². The Labute approximate surface area is 149 Å². The summed E-state index contributed by atoms with van der Waals surface area (Å²) in [6.45, 7) is 3.40. The molecule has 2 aliphatic rings. The van der Waals surface area contributed by atoms with Crippen molar-refractivity contribution in [3.63, 3.8) is 0 Å². The number of amidine groups is 1. The molecule has 11 heteroatoms. The van der Waals surface area contributed by atoms with E-state index in [2.05, 4.69) is 20.4 Å². The molecule has 0 spiro atoms. The van der Waals surface area contributed by atoms with E-state index in [1.807, 2.05) is 0 Å². The maximum absolute atomic E-state index is 9.66. The fraction of sp³-hybridized carbons (Fsp3) is 0.600. The van der Waals surface area contributed by atoms with Crippen LogP contribution in [0.25, 0.3) is 11.0 Å². The summed E-state index contributed by atoms with van der Waals surface area (Å²) >= 11 is 0. The van der Waals surface area contributed by atoms with E-state index in [0.717, 1.165) is 0 Å². The van der Waals surface area contributed by atoms with Gasteiger partial charge in [-0.05, 0) is 13.8 Å². The highest BCUT2D eigenvalue weighted by Crippen LogP contribution is 2.43. The van der Waals surface area contributed by atoms with Crippen molar-refractivity contribution in [1.29, 1.82) is 5.41 Å². The smallest absolute Gasteiger partial charge is 0.181 e. The summed E-state index contributed by atoms with van der Waals surface area (Å²) < 4.78 is 19.3. The fourth-order valence-corrected chi connectivity index (χ4v) is 3.53. The normalized spacial score (nSPS) is 29.8. The Bertz CT molecular complexity index is 867. The van der Waals surface area contributed by atoms with Gasteiger partial charge < -0.3 is 30.4 Å². The van der Waals surface area contributed by atoms with Gasteiger partial charge in [0.15, 0.2) is 17.7 Å². The van der Waals surface area contributed by atoms with E-state index < -0.39 is 30.3 Å². The van der Waals surface area contributed by atoms with Crippen LogP contribution in [0.4, 0.5) is 5.82 Å². The topological polar surface area (TPSA) is 153 Å². The predicted molar refractivity (Wildman–Crippen MR) is 90.7 cm³/mol. The van der Waals surface area contributed by atoms with Crippen LogP contribution in [0.2, 0.25) is 0 Å². The van der Waals surface area contributed by atoms with Gasteiger partial charge in [0.25, 0.3) is 0 Å². The van der Waals surface area contributed by atoms with Crippen LogP contribution < -0.4 is 11.1 Å². The Hall–Kier alpha value is -2.34. The van der Waals surface area contributed by atoms with Gasteiger partial charge in [0.1, 0.15) is 42.0 Å². The largest absolute Gasteiger partial charge is 0.394 e. The Morgan fingerprint density at radius 1 is 1.38 bits per heavy atom. The highest BCUT2D eigenvalue weighted by molar-refractivity contribution is 6.08. The van der Waals surface area contributed by atoms with Crippen LogP contribution in [0.5, 0.6) is 0 Å². The first kappa shape index (κ1) is 17.1. The number of hydrogen-bond donors (Lipinski definition) is 4. The highest BCUT2D eigenvalue weighted by Gasteiger charge is 2.56. The number of anilines is 1. The second kappa shape index (κ2) is 5.84. The second-order valence-electron chi connectivity index (χ2n) is 6.69. The molecule has 140 valence electrons. The van der Waals surface area contributed by atoms with Crippen LogP contribution in [-0.4, -0.2) is 68.4 Å². The Balaban J connectivity index is 1.86. The number of aliphatic hydroxyl groups excluding tert-OH is 1. The lowest BCUT2D eigenvalue weighted by atomic mass is 10.1. The molecule has 0 radical (unpaired) electrons. The van der Waals surface area contributed by atoms with Crippen LogP contribution in [0, 0.1) is 5.41 Å². The van der Waals surface area contributed by atoms with Gasteiger partial charge >= 0.3 is 0 Å². The zero-order chi connectivity index (χ0) is 18.6. The van der Waals surface area contributed by atoms with Crippen LogP contribution in [-0.2, 0) is 14.2 Å². The quantitative estimate of drug-likeness (QED) is 0.418. The van der Waals surface area contributed by atoms with Crippen LogP contribution in [0.15, 0.2) is 6.33 Å². The average Bonchev–Trinajstić information content (AvgIpc) is 3.22. The zero-order valence-electron chi connectivity index (χ0n) is 14.6. The van der Waals surface area contributed by atoms with E-state index >= 15 is 0 Å². The van der Waals surface area contributed by atoms with Gasteiger partial charge in [0.05, 0.1) is 12.0 Å². The molecule has 2 aromatic rings. The maximum Gasteiger partial charge on any atom is 0.181 e. The minimum Gasteiger partial charge on any atom is -0.394 e. The molecule has 2 aliphatic heterocycles. The van der Waals surface area contributed by atoms with Gasteiger partial charge in [-0.15, -0.1) is 0 Å². The van der Waals surface area contributed by atoms with Gasteiger partial charge in [-0.1, -0.05) is 0 Å². The lowest BCUT2D eigenvalue weighted by Gasteiger charge is -2.23. The highest BCUT2D eigenvalue weighted by atomic mass is 16.8. The van der Waals surface area contributed by atoms with Gasteiger partial charge in [-0.3, -0.25) is 5.41 Å². The van der Waals surface area contributed by atoms with E-state index in [1.165, 1.54) is 11.0 Å². The Morgan fingerprint density at radius 3 is 2.77 bits per heavy atom. The van der Waals surface area contributed by atoms with Crippen molar-refractivity contribution in [2.24, 2.45) is 5.73 Å². The minimum atomic E-state index is -0.803. The van der Waals surface area contributed by atoms with Gasteiger partial charge in [-0.25, -0.2) is 14.6 Å². The molecule has 0 unspecified atom stereocenters. The molecule has 0 saturated carbocycles. The SMILES string of the molecule is CNc1ncnc2c1c(C(=N)N)nn2[C@@H]1O[C@H](CO)[C@H]2OC(C)(C)O[C@H]21. The number of hydrogen-bond acceptors (Lipinski definition) is 9. The zero-order valence-corrected chi connectivity index (χ0v) is 14.6. The molecule has 2 saturated heterocycles. The first-order valence-electron chi connectivity index (χ1n) is 8.23. The summed E-state index contributed by atoms with van der Waals surface area (Å²) in [5, 5.41) is 25.4. The summed E-state index contributed by atoms with van der Waals surface area (Å²) in [7, 11) is 1.71. The molecule has 5 N–H and O–H groups in total. The number of ether oxygens (including phenoxy) is 3. The molecule has 2 fully saturated rings. The molecule has 4 atom stereocenters. The van der Waals surface area contributed by atoms with E-state index in [1.54, 1.807) is 20.9 Å². The first-order chi connectivity index (χ1) is 12.4. The number of fused-ring (bicyclic) bond motifs is 2. The number of rotatable bonds is 4. The third-order valence-electron chi connectivity index (χ3n) is 4.53. The van der Waals surface area contributed by atoms with Crippen LogP contribution in [0.3, 0.4) is 0 Å². The first-order valence-corrected chi connectivity index (χ1v) is 8.23. The third kappa shape index (κ3) is 2.43. The molecule has 0 aliphatic carbocycles. The molecule has 26 heavy (non-hydrogen) atoms. The lowest BCUT2D eigenvalue weighted by molar-refractivity contribution is -0.201. The van der Waals surface area contributed by atoms with Crippen molar-refractivity contribution >= 4 is 22.7 Å². The lowest BCUT2D eigenvalue weighted by Crippen LogP contribution is -2.31. The molecule has 11 nitrogen and oxygen atoms in total. The summed E-state index contributed by atoms with van der Waals surface area (Å²) in [6, 6.07) is 0. The number of nitrogens with two attached hydrogens (primary N) is 1. The number of aromatic nitrogens is 4. The third-order valence-corrected chi connectivity index (χ3v) is 4.53. The Kier molecular flexibility index (Phi) is 3.84. The summed E-state index contributed by atoms with van der Waals surface area (Å²) in [4.78, 5) is 8.46. The number of nitrogens with one attached hydrogen (secondary N) is 2.